The van der Waals surface area contributed by atoms with Crippen LogP contribution in [0.2, 0.25) is 0 Å². The molecular formula is C18H32N8O9. The maximum absolute atomic E-state index is 12.6. The van der Waals surface area contributed by atoms with Gasteiger partial charge in [0.05, 0.1) is 25.0 Å². The van der Waals surface area contributed by atoms with E-state index in [9.17, 15) is 39.0 Å². The van der Waals surface area contributed by atoms with Gasteiger partial charge in [-0.2, -0.15) is 0 Å². The van der Waals surface area contributed by atoms with Crippen molar-refractivity contribution in [3.8, 4) is 0 Å². The Morgan fingerprint density at radius 1 is 0.857 bits per heavy atom. The molecule has 0 heterocycles. The van der Waals surface area contributed by atoms with Crippen molar-refractivity contribution in [2.75, 3.05) is 6.54 Å². The van der Waals surface area contributed by atoms with E-state index in [4.69, 9.17) is 28.0 Å². The first kappa shape index (κ1) is 31.0. The van der Waals surface area contributed by atoms with Gasteiger partial charge in [0.15, 0.2) is 5.96 Å². The van der Waals surface area contributed by atoms with Gasteiger partial charge in [0.1, 0.15) is 18.1 Å². The quantitative estimate of drug-likeness (QED) is 0.0535. The van der Waals surface area contributed by atoms with Crippen molar-refractivity contribution < 1.29 is 44.1 Å². The predicted molar refractivity (Wildman–Crippen MR) is 119 cm³/mol. The van der Waals surface area contributed by atoms with E-state index in [-0.39, 0.29) is 25.3 Å². The summed E-state index contributed by atoms with van der Waals surface area (Å²) < 4.78 is 0. The number of carboxylic acid groups (broad SMARTS) is 2. The zero-order valence-electron chi connectivity index (χ0n) is 19.0. The highest BCUT2D eigenvalue weighted by atomic mass is 16.4. The molecule has 198 valence electrons. The molecular weight excluding hydrogens is 472 g/mol. The number of nitrogens with one attached hydrogen (secondary N) is 3. The molecule has 0 radical (unpaired) electrons. The van der Waals surface area contributed by atoms with Gasteiger partial charge in [-0.25, -0.2) is 4.79 Å². The molecule has 0 aromatic heterocycles. The van der Waals surface area contributed by atoms with E-state index in [1.54, 1.807) is 0 Å². The zero-order chi connectivity index (χ0) is 27.3. The summed E-state index contributed by atoms with van der Waals surface area (Å²) in [5.74, 6) is -7.31. The van der Waals surface area contributed by atoms with Gasteiger partial charge >= 0.3 is 11.9 Å². The number of hydrogen-bond donors (Lipinski definition) is 10. The van der Waals surface area contributed by atoms with E-state index in [0.29, 0.717) is 0 Å². The average Bonchev–Trinajstić information content (AvgIpc) is 2.71. The third-order valence-electron chi connectivity index (χ3n) is 4.39. The van der Waals surface area contributed by atoms with Crippen LogP contribution in [0.25, 0.3) is 0 Å². The van der Waals surface area contributed by atoms with E-state index >= 15 is 0 Å². The van der Waals surface area contributed by atoms with Gasteiger partial charge < -0.3 is 54.2 Å². The Bertz CT molecular complexity index is 829. The normalized spacial score (nSPS) is 14.8. The fourth-order valence-corrected chi connectivity index (χ4v) is 2.65. The molecule has 0 rings (SSSR count). The minimum atomic E-state index is -1.69. The fourth-order valence-electron chi connectivity index (χ4n) is 2.65. The van der Waals surface area contributed by atoms with Gasteiger partial charge in [-0.1, -0.05) is 0 Å². The summed E-state index contributed by atoms with van der Waals surface area (Å²) in [6.07, 6.45) is -2.94. The Balaban J connectivity index is 5.40. The smallest absolute Gasteiger partial charge is 0.326 e. The number of amides is 4. The van der Waals surface area contributed by atoms with Crippen molar-refractivity contribution >= 4 is 41.5 Å². The molecule has 14 N–H and O–H groups in total. The highest BCUT2D eigenvalue weighted by Gasteiger charge is 2.33. The molecule has 0 aliphatic rings. The lowest BCUT2D eigenvalue weighted by atomic mass is 10.1. The molecule has 5 atom stereocenters. The summed E-state index contributed by atoms with van der Waals surface area (Å²) in [6, 6.07) is -6.32. The van der Waals surface area contributed by atoms with Gasteiger partial charge in [-0.3, -0.25) is 29.0 Å². The van der Waals surface area contributed by atoms with Crippen LogP contribution in [0.5, 0.6) is 0 Å². The standard InChI is InChI=1S/C18H32N8O9/c1-7(27)13(16(33)24-9(17(34)35)3-2-4-23-18(21)22)26-15(32)10(6-11(20)28)25-14(31)8(19)5-12(29)30/h7-10,13,27H,2-6,19H2,1H3,(H2,20,28)(H,24,33)(H,25,31)(H,26,32)(H,29,30)(H,34,35)(H4,21,22,23). The molecule has 0 saturated carbocycles. The predicted octanol–water partition coefficient (Wildman–Crippen LogP) is -5.36. The number of hydrogen-bond acceptors (Lipinski definition) is 9. The van der Waals surface area contributed by atoms with E-state index < -0.39 is 78.7 Å². The second-order valence-corrected chi connectivity index (χ2v) is 7.51. The first-order valence-electron chi connectivity index (χ1n) is 10.3. The highest BCUT2D eigenvalue weighted by Crippen LogP contribution is 2.03. The van der Waals surface area contributed by atoms with Crippen LogP contribution in [0.15, 0.2) is 4.99 Å². The zero-order valence-corrected chi connectivity index (χ0v) is 19.0. The van der Waals surface area contributed by atoms with Gasteiger partial charge in [-0.15, -0.1) is 0 Å². The maximum Gasteiger partial charge on any atom is 0.326 e. The molecule has 0 spiro atoms. The topological polar surface area (TPSA) is 316 Å². The molecule has 17 nitrogen and oxygen atoms in total. The lowest BCUT2D eigenvalue weighted by Gasteiger charge is -2.26. The van der Waals surface area contributed by atoms with Crippen molar-refractivity contribution in [1.82, 2.24) is 16.0 Å². The molecule has 0 aliphatic carbocycles. The Hall–Kier alpha value is -3.99. The number of aliphatic hydroxyl groups excluding tert-OH is 1. The number of carbonyl (C=O) groups is 6. The monoisotopic (exact) mass is 504 g/mol. The van der Waals surface area contributed by atoms with Crippen molar-refractivity contribution in [1.29, 1.82) is 0 Å². The van der Waals surface area contributed by atoms with Crippen LogP contribution in [0.1, 0.15) is 32.6 Å². The van der Waals surface area contributed by atoms with Crippen LogP contribution in [0.3, 0.4) is 0 Å². The number of rotatable bonds is 16. The Kier molecular flexibility index (Phi) is 13.3. The molecule has 0 aromatic rings. The van der Waals surface area contributed by atoms with E-state index in [1.807, 2.05) is 0 Å². The number of carbonyl (C=O) groups excluding carboxylic acids is 4. The number of aliphatic imine (C=N–C) groups is 1. The van der Waals surface area contributed by atoms with E-state index in [2.05, 4.69) is 20.9 Å². The fraction of sp³-hybridized carbons (Fsp3) is 0.611. The van der Waals surface area contributed by atoms with Crippen molar-refractivity contribution in [3.63, 3.8) is 0 Å². The number of nitrogens with zero attached hydrogens (tertiary/aromatic N) is 1. The molecule has 5 unspecified atom stereocenters. The molecule has 0 fully saturated rings. The SMILES string of the molecule is CC(O)C(NC(=O)C(CC(N)=O)NC(=O)C(N)CC(=O)O)C(=O)NC(CCCN=C(N)N)C(=O)O. The number of primary amides is 1. The molecule has 17 heteroatoms. The number of aliphatic carboxylic acids is 2. The summed E-state index contributed by atoms with van der Waals surface area (Å²) in [5, 5.41) is 34.3. The summed E-state index contributed by atoms with van der Waals surface area (Å²) in [5.41, 5.74) is 20.9. The molecule has 0 aromatic carbocycles. The Morgan fingerprint density at radius 3 is 1.89 bits per heavy atom. The molecule has 35 heavy (non-hydrogen) atoms. The number of nitrogens with two attached hydrogens (primary N) is 4. The summed E-state index contributed by atoms with van der Waals surface area (Å²) >= 11 is 0. The van der Waals surface area contributed by atoms with Crippen molar-refractivity contribution in [2.45, 2.75) is 62.9 Å². The van der Waals surface area contributed by atoms with Crippen LogP contribution in [-0.2, 0) is 28.8 Å². The summed E-state index contributed by atoms with van der Waals surface area (Å²) in [7, 11) is 0. The lowest BCUT2D eigenvalue weighted by Crippen LogP contribution is -2.60. The Morgan fingerprint density at radius 2 is 1.43 bits per heavy atom. The van der Waals surface area contributed by atoms with Crippen LogP contribution in [0.4, 0.5) is 0 Å². The van der Waals surface area contributed by atoms with E-state index in [0.717, 1.165) is 6.92 Å². The number of guanidine groups is 1. The van der Waals surface area contributed by atoms with E-state index in [1.165, 1.54) is 0 Å². The molecule has 4 amide bonds. The van der Waals surface area contributed by atoms with Crippen LogP contribution in [-0.4, -0.2) is 93.7 Å². The second kappa shape index (κ2) is 15.0. The van der Waals surface area contributed by atoms with Crippen LogP contribution in [0, 0.1) is 0 Å². The highest BCUT2D eigenvalue weighted by molar-refractivity contribution is 5.96. The number of aliphatic hydroxyl groups is 1. The van der Waals surface area contributed by atoms with Gasteiger partial charge in [0, 0.05) is 6.54 Å². The van der Waals surface area contributed by atoms with Crippen molar-refractivity contribution in [3.05, 3.63) is 0 Å². The summed E-state index contributed by atoms with van der Waals surface area (Å²) in [4.78, 5) is 74.5. The third kappa shape index (κ3) is 12.7. The minimum absolute atomic E-state index is 0.0832. The second-order valence-electron chi connectivity index (χ2n) is 7.51. The summed E-state index contributed by atoms with van der Waals surface area (Å²) in [6.45, 7) is 1.22. The average molecular weight is 505 g/mol. The largest absolute Gasteiger partial charge is 0.481 e. The van der Waals surface area contributed by atoms with Crippen molar-refractivity contribution in [2.24, 2.45) is 27.9 Å². The minimum Gasteiger partial charge on any atom is -0.481 e. The van der Waals surface area contributed by atoms with Gasteiger partial charge in [-0.05, 0) is 19.8 Å². The molecule has 0 aliphatic heterocycles. The lowest BCUT2D eigenvalue weighted by molar-refractivity contribution is -0.143. The Labute approximate surface area is 199 Å². The van der Waals surface area contributed by atoms with Crippen LogP contribution >= 0.6 is 0 Å². The number of carboxylic acids is 2. The van der Waals surface area contributed by atoms with Gasteiger partial charge in [0.25, 0.3) is 0 Å². The maximum atomic E-state index is 12.6. The third-order valence-corrected chi connectivity index (χ3v) is 4.39. The van der Waals surface area contributed by atoms with Gasteiger partial charge in [0.2, 0.25) is 23.6 Å². The first-order valence-corrected chi connectivity index (χ1v) is 10.3. The molecule has 0 saturated heterocycles. The molecule has 0 bridgehead atoms. The first-order chi connectivity index (χ1) is 16.1. The van der Waals surface area contributed by atoms with Crippen LogP contribution < -0.4 is 38.9 Å².